The molecule has 0 atom stereocenters. The van der Waals surface area contributed by atoms with Crippen LogP contribution in [0.15, 0.2) is 36.9 Å². The van der Waals surface area contributed by atoms with Gasteiger partial charge >= 0.3 is 0 Å². The Balaban J connectivity index is 1.38. The molecule has 0 unspecified atom stereocenters. The standard InChI is InChI=1S/C19H25N5O/c1-22-10-2-7-19(22)8-11-23(12-9-19)18(25)17-5-3-16(4-6-17)13-24-15-20-14-21-24/h3-6,14-15H,2,7-13H2,1H3. The average Bonchev–Trinajstić information content (AvgIpc) is 3.27. The molecule has 2 aliphatic heterocycles. The largest absolute Gasteiger partial charge is 0.339 e. The Morgan fingerprint density at radius 3 is 2.48 bits per heavy atom. The Hall–Kier alpha value is -2.21. The Morgan fingerprint density at radius 2 is 1.88 bits per heavy atom. The van der Waals surface area contributed by atoms with Crippen molar-refractivity contribution in [3.05, 3.63) is 48.0 Å². The normalized spacial score (nSPS) is 20.3. The molecule has 6 heteroatoms. The molecular formula is C19H25N5O. The van der Waals surface area contributed by atoms with Crippen molar-refractivity contribution in [2.75, 3.05) is 26.7 Å². The van der Waals surface area contributed by atoms with Gasteiger partial charge in [0.05, 0.1) is 6.54 Å². The number of amides is 1. The van der Waals surface area contributed by atoms with E-state index in [1.807, 2.05) is 29.2 Å². The van der Waals surface area contributed by atoms with Crippen LogP contribution in [0.3, 0.4) is 0 Å². The van der Waals surface area contributed by atoms with Crippen LogP contribution in [0.4, 0.5) is 0 Å². The van der Waals surface area contributed by atoms with Gasteiger partial charge in [-0.25, -0.2) is 9.67 Å². The van der Waals surface area contributed by atoms with E-state index >= 15 is 0 Å². The summed E-state index contributed by atoms with van der Waals surface area (Å²) >= 11 is 0. The minimum absolute atomic E-state index is 0.155. The highest BCUT2D eigenvalue weighted by Crippen LogP contribution is 2.37. The number of aromatic nitrogens is 3. The smallest absolute Gasteiger partial charge is 0.253 e. The molecule has 1 aromatic heterocycles. The van der Waals surface area contributed by atoms with E-state index < -0.39 is 0 Å². The van der Waals surface area contributed by atoms with E-state index in [1.165, 1.54) is 25.7 Å². The van der Waals surface area contributed by atoms with Gasteiger partial charge in [-0.15, -0.1) is 0 Å². The minimum Gasteiger partial charge on any atom is -0.339 e. The van der Waals surface area contributed by atoms with E-state index in [0.717, 1.165) is 37.1 Å². The fraction of sp³-hybridized carbons (Fsp3) is 0.526. The molecule has 1 spiro atoms. The van der Waals surface area contributed by atoms with Crippen LogP contribution < -0.4 is 0 Å². The fourth-order valence-electron chi connectivity index (χ4n) is 4.27. The molecule has 132 valence electrons. The molecular weight excluding hydrogens is 314 g/mol. The van der Waals surface area contributed by atoms with Gasteiger partial charge < -0.3 is 9.80 Å². The van der Waals surface area contributed by atoms with Crippen LogP contribution in [-0.4, -0.2) is 62.7 Å². The molecule has 2 aromatic rings. The van der Waals surface area contributed by atoms with Gasteiger partial charge in [0.15, 0.2) is 0 Å². The van der Waals surface area contributed by atoms with Crippen LogP contribution in [0.1, 0.15) is 41.6 Å². The maximum absolute atomic E-state index is 12.8. The molecule has 1 amide bonds. The number of carbonyl (C=O) groups is 1. The summed E-state index contributed by atoms with van der Waals surface area (Å²) in [6.07, 6.45) is 7.99. The zero-order valence-electron chi connectivity index (χ0n) is 14.8. The third-order valence-electron chi connectivity index (χ3n) is 5.94. The van der Waals surface area contributed by atoms with Gasteiger partial charge in [0.25, 0.3) is 5.91 Å². The van der Waals surface area contributed by atoms with E-state index in [-0.39, 0.29) is 5.91 Å². The van der Waals surface area contributed by atoms with Crippen molar-refractivity contribution in [1.82, 2.24) is 24.6 Å². The number of benzene rings is 1. The van der Waals surface area contributed by atoms with Gasteiger partial charge in [0.1, 0.15) is 12.7 Å². The van der Waals surface area contributed by atoms with E-state index in [2.05, 4.69) is 22.0 Å². The number of carbonyl (C=O) groups excluding carboxylic acids is 1. The molecule has 0 N–H and O–H groups in total. The summed E-state index contributed by atoms with van der Waals surface area (Å²) in [5, 5.41) is 4.11. The van der Waals surface area contributed by atoms with Crippen LogP contribution in [0.25, 0.3) is 0 Å². The highest BCUT2D eigenvalue weighted by molar-refractivity contribution is 5.94. The Kier molecular flexibility index (Phi) is 4.29. The average molecular weight is 339 g/mol. The second-order valence-electron chi connectivity index (χ2n) is 7.33. The van der Waals surface area contributed by atoms with E-state index in [4.69, 9.17) is 0 Å². The van der Waals surface area contributed by atoms with E-state index in [9.17, 15) is 4.79 Å². The third kappa shape index (κ3) is 3.18. The first kappa shape index (κ1) is 16.3. The van der Waals surface area contributed by atoms with Gasteiger partial charge in [-0.2, -0.15) is 5.10 Å². The van der Waals surface area contributed by atoms with E-state index in [1.54, 1.807) is 11.0 Å². The van der Waals surface area contributed by atoms with Crippen molar-refractivity contribution in [2.24, 2.45) is 0 Å². The summed E-state index contributed by atoms with van der Waals surface area (Å²) in [5.41, 5.74) is 2.24. The van der Waals surface area contributed by atoms with Gasteiger partial charge in [0.2, 0.25) is 0 Å². The maximum atomic E-state index is 12.8. The highest BCUT2D eigenvalue weighted by Gasteiger charge is 2.41. The summed E-state index contributed by atoms with van der Waals surface area (Å²) in [5.74, 6) is 0.155. The zero-order chi connectivity index (χ0) is 17.3. The molecule has 0 bridgehead atoms. The molecule has 25 heavy (non-hydrogen) atoms. The fourth-order valence-corrected chi connectivity index (χ4v) is 4.27. The van der Waals surface area contributed by atoms with Gasteiger partial charge in [-0.3, -0.25) is 4.79 Å². The van der Waals surface area contributed by atoms with Crippen molar-refractivity contribution in [1.29, 1.82) is 0 Å². The molecule has 0 saturated carbocycles. The lowest BCUT2D eigenvalue weighted by Gasteiger charge is -2.43. The van der Waals surface area contributed by atoms with Crippen molar-refractivity contribution >= 4 is 5.91 Å². The lowest BCUT2D eigenvalue weighted by Crippen LogP contribution is -2.51. The summed E-state index contributed by atoms with van der Waals surface area (Å²) in [6, 6.07) is 7.87. The quantitative estimate of drug-likeness (QED) is 0.859. The molecule has 4 rings (SSSR count). The summed E-state index contributed by atoms with van der Waals surface area (Å²) in [7, 11) is 2.23. The van der Waals surface area contributed by atoms with Gasteiger partial charge in [0, 0.05) is 24.2 Å². The minimum atomic E-state index is 0.155. The van der Waals surface area contributed by atoms with Crippen LogP contribution >= 0.6 is 0 Å². The number of rotatable bonds is 3. The molecule has 3 heterocycles. The number of likely N-dealkylation sites (tertiary alicyclic amines) is 2. The van der Waals surface area contributed by atoms with Crippen LogP contribution in [0.2, 0.25) is 0 Å². The second kappa shape index (κ2) is 6.59. The lowest BCUT2D eigenvalue weighted by atomic mass is 9.85. The van der Waals surface area contributed by atoms with Gasteiger partial charge in [-0.1, -0.05) is 12.1 Å². The molecule has 2 fully saturated rings. The summed E-state index contributed by atoms with van der Waals surface area (Å²) in [4.78, 5) is 21.3. The van der Waals surface area contributed by atoms with Crippen molar-refractivity contribution in [3.8, 4) is 0 Å². The number of nitrogens with zero attached hydrogens (tertiary/aromatic N) is 5. The van der Waals surface area contributed by atoms with Crippen LogP contribution in [0, 0.1) is 0 Å². The van der Waals surface area contributed by atoms with Crippen molar-refractivity contribution in [3.63, 3.8) is 0 Å². The lowest BCUT2D eigenvalue weighted by molar-refractivity contribution is 0.0492. The Bertz CT molecular complexity index is 717. The van der Waals surface area contributed by atoms with Gasteiger partial charge in [-0.05, 0) is 57.0 Å². The predicted octanol–water partition coefficient (Wildman–Crippen LogP) is 2.03. The molecule has 2 saturated heterocycles. The van der Waals surface area contributed by atoms with E-state index in [0.29, 0.717) is 12.1 Å². The Labute approximate surface area is 148 Å². The highest BCUT2D eigenvalue weighted by atomic mass is 16.2. The maximum Gasteiger partial charge on any atom is 0.253 e. The number of hydrogen-bond acceptors (Lipinski definition) is 4. The monoisotopic (exact) mass is 339 g/mol. The van der Waals surface area contributed by atoms with Crippen LogP contribution in [-0.2, 0) is 6.54 Å². The molecule has 0 aliphatic carbocycles. The predicted molar refractivity (Wildman–Crippen MR) is 95.3 cm³/mol. The zero-order valence-corrected chi connectivity index (χ0v) is 14.8. The second-order valence-corrected chi connectivity index (χ2v) is 7.33. The van der Waals surface area contributed by atoms with Crippen molar-refractivity contribution < 1.29 is 4.79 Å². The topological polar surface area (TPSA) is 54.3 Å². The molecule has 6 nitrogen and oxygen atoms in total. The first-order valence-corrected chi connectivity index (χ1v) is 9.08. The number of piperidine rings is 1. The Morgan fingerprint density at radius 1 is 1.12 bits per heavy atom. The SMILES string of the molecule is CN1CCCC12CCN(C(=O)c1ccc(Cn3cncn3)cc1)CC2. The van der Waals surface area contributed by atoms with Crippen molar-refractivity contribution in [2.45, 2.75) is 37.8 Å². The molecule has 1 aromatic carbocycles. The first-order valence-electron chi connectivity index (χ1n) is 9.08. The summed E-state index contributed by atoms with van der Waals surface area (Å²) < 4.78 is 1.78. The first-order chi connectivity index (χ1) is 12.2. The number of hydrogen-bond donors (Lipinski definition) is 0. The third-order valence-corrected chi connectivity index (χ3v) is 5.94. The molecule has 2 aliphatic rings. The van der Waals surface area contributed by atoms with Crippen LogP contribution in [0.5, 0.6) is 0 Å². The molecule has 0 radical (unpaired) electrons. The summed E-state index contributed by atoms with van der Waals surface area (Å²) in [6.45, 7) is 3.60.